The van der Waals surface area contributed by atoms with Crippen LogP contribution >= 0.6 is 12.2 Å². The second-order valence-corrected chi connectivity index (χ2v) is 7.73. The third-order valence-electron chi connectivity index (χ3n) is 2.82. The van der Waals surface area contributed by atoms with Gasteiger partial charge in [0.1, 0.15) is 17.3 Å². The molecular weight excluding hydrogens is 282 g/mol. The van der Waals surface area contributed by atoms with Gasteiger partial charge in [0.25, 0.3) is 0 Å². The van der Waals surface area contributed by atoms with Gasteiger partial charge in [0.05, 0.1) is 11.0 Å². The van der Waals surface area contributed by atoms with Gasteiger partial charge in [-0.25, -0.2) is 8.42 Å². The van der Waals surface area contributed by atoms with Crippen LogP contribution in [0.15, 0.2) is 18.2 Å². The molecule has 0 unspecified atom stereocenters. The molecule has 0 radical (unpaired) electrons. The predicted molar refractivity (Wildman–Crippen MR) is 81.5 cm³/mol. The molecule has 1 aromatic rings. The minimum absolute atomic E-state index is 0.00139. The third-order valence-corrected chi connectivity index (χ3v) is 5.22. The molecule has 0 aliphatic heterocycles. The summed E-state index contributed by atoms with van der Waals surface area (Å²) in [5.74, 6) is 0.616. The molecule has 0 saturated heterocycles. The quantitative estimate of drug-likeness (QED) is 0.812. The molecular formula is C13H19NO3S2. The third kappa shape index (κ3) is 4.47. The maximum atomic E-state index is 11.7. The molecule has 6 heteroatoms. The standard InChI is InChI=1S/C13H19NO3S2/c1-9(2)19(15,16)7-6-17-12-8-11(13(14)18)5-4-10(12)3/h4-5,8-9H,6-7H2,1-3H3,(H2,14,18). The van der Waals surface area contributed by atoms with Crippen LogP contribution in [0.3, 0.4) is 0 Å². The van der Waals surface area contributed by atoms with Crippen LogP contribution in [-0.2, 0) is 9.84 Å². The Morgan fingerprint density at radius 2 is 2.05 bits per heavy atom. The maximum Gasteiger partial charge on any atom is 0.155 e. The van der Waals surface area contributed by atoms with Crippen molar-refractivity contribution in [3.63, 3.8) is 0 Å². The highest BCUT2D eigenvalue weighted by atomic mass is 32.2. The topological polar surface area (TPSA) is 69.4 Å². The van der Waals surface area contributed by atoms with Gasteiger partial charge < -0.3 is 10.5 Å². The van der Waals surface area contributed by atoms with E-state index in [4.69, 9.17) is 22.7 Å². The number of thiocarbonyl (C=S) groups is 1. The minimum Gasteiger partial charge on any atom is -0.492 e. The molecule has 0 aliphatic carbocycles. The van der Waals surface area contributed by atoms with E-state index in [0.29, 0.717) is 16.3 Å². The highest BCUT2D eigenvalue weighted by molar-refractivity contribution is 7.92. The van der Waals surface area contributed by atoms with Crippen LogP contribution in [0, 0.1) is 6.92 Å². The number of ether oxygens (including phenoxy) is 1. The molecule has 0 atom stereocenters. The molecule has 0 bridgehead atoms. The lowest BCUT2D eigenvalue weighted by Crippen LogP contribution is -2.22. The van der Waals surface area contributed by atoms with Crippen LogP contribution in [0.2, 0.25) is 0 Å². The zero-order valence-corrected chi connectivity index (χ0v) is 13.0. The molecule has 1 aromatic carbocycles. The summed E-state index contributed by atoms with van der Waals surface area (Å²) in [4.78, 5) is 0.291. The van der Waals surface area contributed by atoms with Crippen molar-refractivity contribution in [2.24, 2.45) is 5.73 Å². The smallest absolute Gasteiger partial charge is 0.155 e. The van der Waals surface area contributed by atoms with Crippen LogP contribution in [0.25, 0.3) is 0 Å². The Morgan fingerprint density at radius 1 is 1.42 bits per heavy atom. The zero-order chi connectivity index (χ0) is 14.6. The van der Waals surface area contributed by atoms with Gasteiger partial charge in [0.2, 0.25) is 0 Å². The van der Waals surface area contributed by atoms with E-state index in [1.807, 2.05) is 19.1 Å². The lowest BCUT2D eigenvalue weighted by atomic mass is 10.1. The molecule has 0 spiro atoms. The molecule has 106 valence electrons. The van der Waals surface area contributed by atoms with Crippen molar-refractivity contribution in [3.8, 4) is 5.75 Å². The molecule has 2 N–H and O–H groups in total. The Morgan fingerprint density at radius 3 is 2.58 bits per heavy atom. The van der Waals surface area contributed by atoms with E-state index in [1.54, 1.807) is 19.9 Å². The Balaban J connectivity index is 2.73. The zero-order valence-electron chi connectivity index (χ0n) is 11.3. The van der Waals surface area contributed by atoms with Crippen LogP contribution in [0.5, 0.6) is 5.75 Å². The summed E-state index contributed by atoms with van der Waals surface area (Å²) in [5.41, 5.74) is 7.18. The summed E-state index contributed by atoms with van der Waals surface area (Å²) in [6.45, 7) is 5.33. The summed E-state index contributed by atoms with van der Waals surface area (Å²) >= 11 is 4.90. The van der Waals surface area contributed by atoms with Crippen LogP contribution in [0.1, 0.15) is 25.0 Å². The Hall–Kier alpha value is -1.14. The first kappa shape index (κ1) is 15.9. The van der Waals surface area contributed by atoms with Gasteiger partial charge in [-0.15, -0.1) is 0 Å². The van der Waals surface area contributed by atoms with Crippen LogP contribution in [-0.4, -0.2) is 31.0 Å². The van der Waals surface area contributed by atoms with Crippen LogP contribution in [0.4, 0.5) is 0 Å². The van der Waals surface area contributed by atoms with Gasteiger partial charge in [-0.1, -0.05) is 24.4 Å². The van der Waals surface area contributed by atoms with Gasteiger partial charge in [0, 0.05) is 5.56 Å². The van der Waals surface area contributed by atoms with Crippen molar-refractivity contribution in [2.45, 2.75) is 26.0 Å². The van der Waals surface area contributed by atoms with E-state index < -0.39 is 9.84 Å². The van der Waals surface area contributed by atoms with E-state index in [2.05, 4.69) is 0 Å². The molecule has 1 rings (SSSR count). The Bertz CT molecular complexity index is 565. The van der Waals surface area contributed by atoms with Crippen molar-refractivity contribution in [1.29, 1.82) is 0 Å². The predicted octanol–water partition coefficient (Wildman–Crippen LogP) is 1.83. The van der Waals surface area contributed by atoms with Crippen molar-refractivity contribution in [2.75, 3.05) is 12.4 Å². The average Bonchev–Trinajstić information content (AvgIpc) is 2.30. The molecule has 19 heavy (non-hydrogen) atoms. The monoisotopic (exact) mass is 301 g/mol. The molecule has 4 nitrogen and oxygen atoms in total. The van der Waals surface area contributed by atoms with E-state index in [-0.39, 0.29) is 17.6 Å². The lowest BCUT2D eigenvalue weighted by molar-refractivity contribution is 0.338. The average molecular weight is 301 g/mol. The van der Waals surface area contributed by atoms with Crippen molar-refractivity contribution < 1.29 is 13.2 Å². The number of benzene rings is 1. The number of nitrogens with two attached hydrogens (primary N) is 1. The lowest BCUT2D eigenvalue weighted by Gasteiger charge is -2.12. The summed E-state index contributed by atoms with van der Waals surface area (Å²) in [6, 6.07) is 5.40. The minimum atomic E-state index is -3.08. The number of hydrogen-bond donors (Lipinski definition) is 1. The van der Waals surface area contributed by atoms with Gasteiger partial charge in [0.15, 0.2) is 9.84 Å². The summed E-state index contributed by atoms with van der Waals surface area (Å²) in [7, 11) is -3.08. The normalized spacial score (nSPS) is 11.6. The number of hydrogen-bond acceptors (Lipinski definition) is 4. The highest BCUT2D eigenvalue weighted by Crippen LogP contribution is 2.19. The van der Waals surface area contributed by atoms with E-state index in [1.165, 1.54) is 0 Å². The summed E-state index contributed by atoms with van der Waals surface area (Å²) in [6.07, 6.45) is 0. The largest absolute Gasteiger partial charge is 0.492 e. The summed E-state index contributed by atoms with van der Waals surface area (Å²) in [5, 5.41) is -0.389. The van der Waals surface area contributed by atoms with E-state index in [9.17, 15) is 8.42 Å². The molecule has 0 saturated carbocycles. The van der Waals surface area contributed by atoms with Crippen molar-refractivity contribution in [1.82, 2.24) is 0 Å². The molecule has 0 heterocycles. The fourth-order valence-electron chi connectivity index (χ4n) is 1.41. The highest BCUT2D eigenvalue weighted by Gasteiger charge is 2.16. The molecule has 0 aliphatic rings. The van der Waals surface area contributed by atoms with E-state index in [0.717, 1.165) is 5.56 Å². The van der Waals surface area contributed by atoms with Gasteiger partial charge in [-0.3, -0.25) is 0 Å². The first-order chi connectivity index (χ1) is 8.74. The fourth-order valence-corrected chi connectivity index (χ4v) is 2.33. The van der Waals surface area contributed by atoms with Crippen LogP contribution < -0.4 is 10.5 Å². The van der Waals surface area contributed by atoms with E-state index >= 15 is 0 Å². The number of rotatable bonds is 6. The van der Waals surface area contributed by atoms with Gasteiger partial charge in [-0.05, 0) is 32.4 Å². The molecule has 0 amide bonds. The number of sulfone groups is 1. The molecule has 0 fully saturated rings. The first-order valence-corrected chi connectivity index (χ1v) is 8.11. The molecule has 0 aromatic heterocycles. The maximum absolute atomic E-state index is 11.7. The Kier molecular flexibility index (Phi) is 5.31. The van der Waals surface area contributed by atoms with Crippen molar-refractivity contribution in [3.05, 3.63) is 29.3 Å². The summed E-state index contributed by atoms with van der Waals surface area (Å²) < 4.78 is 28.8. The van der Waals surface area contributed by atoms with Crippen molar-refractivity contribution >= 4 is 27.0 Å². The van der Waals surface area contributed by atoms with Gasteiger partial charge in [-0.2, -0.15) is 0 Å². The van der Waals surface area contributed by atoms with Gasteiger partial charge >= 0.3 is 0 Å². The first-order valence-electron chi connectivity index (χ1n) is 5.99. The second-order valence-electron chi connectivity index (χ2n) is 4.61. The number of aryl methyl sites for hydroxylation is 1. The SMILES string of the molecule is Cc1ccc(C(N)=S)cc1OCCS(=O)(=O)C(C)C. The Labute approximate surface area is 119 Å². The fraction of sp³-hybridized carbons (Fsp3) is 0.462. The second kappa shape index (κ2) is 6.34.